The van der Waals surface area contributed by atoms with E-state index in [2.05, 4.69) is 4.98 Å². The molecule has 7 nitrogen and oxygen atoms in total. The molecule has 138 valence electrons. The Morgan fingerprint density at radius 1 is 1.35 bits per heavy atom. The average molecular weight is 372 g/mol. The molecule has 26 heavy (non-hydrogen) atoms. The van der Waals surface area contributed by atoms with Crippen molar-refractivity contribution in [1.29, 1.82) is 0 Å². The van der Waals surface area contributed by atoms with Crippen LogP contribution in [0.4, 0.5) is 23.2 Å². The van der Waals surface area contributed by atoms with Crippen molar-refractivity contribution < 1.29 is 22.5 Å². The van der Waals surface area contributed by atoms with Crippen LogP contribution in [0.3, 0.4) is 0 Å². The van der Waals surface area contributed by atoms with Crippen molar-refractivity contribution in [2.75, 3.05) is 6.54 Å². The van der Waals surface area contributed by atoms with E-state index in [0.717, 1.165) is 12.1 Å². The number of aromatic nitrogens is 2. The molecule has 0 atom stereocenters. The molecule has 0 aliphatic carbocycles. The molecule has 0 unspecified atom stereocenters. The van der Waals surface area contributed by atoms with Gasteiger partial charge in [0.15, 0.2) is 0 Å². The zero-order chi connectivity index (χ0) is 19.1. The fraction of sp³-hybridized carbons (Fsp3) is 0.333. The number of benzene rings is 1. The summed E-state index contributed by atoms with van der Waals surface area (Å²) in [4.78, 5) is 28.9. The lowest BCUT2D eigenvalue weighted by Crippen LogP contribution is -2.36. The van der Waals surface area contributed by atoms with E-state index in [1.807, 2.05) is 0 Å². The van der Waals surface area contributed by atoms with E-state index < -0.39 is 34.0 Å². The predicted octanol–water partition coefficient (Wildman–Crippen LogP) is 2.39. The van der Waals surface area contributed by atoms with Crippen LogP contribution in [0, 0.1) is 15.9 Å². The first-order chi connectivity index (χ1) is 12.1. The SMILES string of the molecule is O=c1[nH]c(C(F)(F)F)nc2c1CN(Cc1ccc(F)c([N+](=O)[O-])c1)CC2. The van der Waals surface area contributed by atoms with Gasteiger partial charge in [-0.2, -0.15) is 17.6 Å². The number of nitrogens with one attached hydrogen (secondary N) is 1. The number of nitro benzene ring substituents is 1. The zero-order valence-corrected chi connectivity index (χ0v) is 13.1. The van der Waals surface area contributed by atoms with Crippen molar-refractivity contribution in [3.05, 3.63) is 67.1 Å². The minimum Gasteiger partial charge on any atom is -0.303 e. The molecule has 0 radical (unpaired) electrons. The topological polar surface area (TPSA) is 92.1 Å². The van der Waals surface area contributed by atoms with Crippen LogP contribution >= 0.6 is 0 Å². The Kier molecular flexibility index (Phi) is 4.48. The molecular formula is C15H12F4N4O3. The summed E-state index contributed by atoms with van der Waals surface area (Å²) in [5, 5.41) is 10.8. The number of rotatable bonds is 3. The number of hydrogen-bond donors (Lipinski definition) is 1. The molecule has 0 amide bonds. The highest BCUT2D eigenvalue weighted by atomic mass is 19.4. The fourth-order valence-corrected chi connectivity index (χ4v) is 2.80. The summed E-state index contributed by atoms with van der Waals surface area (Å²) in [6.45, 7) is 0.536. The van der Waals surface area contributed by atoms with Gasteiger partial charge >= 0.3 is 11.9 Å². The van der Waals surface area contributed by atoms with Gasteiger partial charge < -0.3 is 4.98 Å². The lowest BCUT2D eigenvalue weighted by molar-refractivity contribution is -0.387. The molecule has 1 aliphatic rings. The molecule has 2 heterocycles. The lowest BCUT2D eigenvalue weighted by atomic mass is 10.1. The molecule has 1 aromatic heterocycles. The van der Waals surface area contributed by atoms with Gasteiger partial charge in [-0.3, -0.25) is 19.8 Å². The van der Waals surface area contributed by atoms with Gasteiger partial charge in [0.1, 0.15) is 0 Å². The van der Waals surface area contributed by atoms with Crippen LogP contribution in [0.1, 0.15) is 22.6 Å². The van der Waals surface area contributed by atoms with Gasteiger partial charge in [0, 0.05) is 32.1 Å². The highest BCUT2D eigenvalue weighted by Crippen LogP contribution is 2.27. The van der Waals surface area contributed by atoms with E-state index in [-0.39, 0.29) is 30.8 Å². The highest BCUT2D eigenvalue weighted by Gasteiger charge is 2.36. The molecule has 0 fully saturated rings. The number of fused-ring (bicyclic) bond motifs is 1. The number of nitro groups is 1. The Hall–Kier alpha value is -2.82. The number of alkyl halides is 3. The third-order valence-electron chi connectivity index (χ3n) is 4.03. The second-order valence-corrected chi connectivity index (χ2v) is 5.84. The van der Waals surface area contributed by atoms with E-state index in [4.69, 9.17) is 0 Å². The Bertz CT molecular complexity index is 926. The van der Waals surface area contributed by atoms with Crippen LogP contribution < -0.4 is 5.56 Å². The van der Waals surface area contributed by atoms with Crippen LogP contribution in [0.5, 0.6) is 0 Å². The molecule has 0 saturated carbocycles. The largest absolute Gasteiger partial charge is 0.449 e. The van der Waals surface area contributed by atoms with Crippen molar-refractivity contribution >= 4 is 5.69 Å². The normalized spacial score (nSPS) is 14.9. The molecule has 1 aliphatic heterocycles. The van der Waals surface area contributed by atoms with E-state index in [1.165, 1.54) is 6.07 Å². The lowest BCUT2D eigenvalue weighted by Gasteiger charge is -2.27. The molecule has 11 heteroatoms. The molecule has 0 saturated heterocycles. The van der Waals surface area contributed by atoms with Crippen molar-refractivity contribution in [3.63, 3.8) is 0 Å². The van der Waals surface area contributed by atoms with Crippen molar-refractivity contribution in [2.24, 2.45) is 0 Å². The number of hydrogen-bond acceptors (Lipinski definition) is 5. The van der Waals surface area contributed by atoms with Crippen LogP contribution in [-0.2, 0) is 25.7 Å². The van der Waals surface area contributed by atoms with Gasteiger partial charge in [-0.15, -0.1) is 0 Å². The van der Waals surface area contributed by atoms with Crippen LogP contribution in [0.25, 0.3) is 0 Å². The van der Waals surface area contributed by atoms with Gasteiger partial charge in [0.2, 0.25) is 11.6 Å². The van der Waals surface area contributed by atoms with Crippen LogP contribution in [0.2, 0.25) is 0 Å². The van der Waals surface area contributed by atoms with Crippen molar-refractivity contribution in [1.82, 2.24) is 14.9 Å². The third-order valence-corrected chi connectivity index (χ3v) is 4.03. The van der Waals surface area contributed by atoms with Gasteiger partial charge in [-0.05, 0) is 11.6 Å². The zero-order valence-electron chi connectivity index (χ0n) is 13.1. The number of aromatic amines is 1. The quantitative estimate of drug-likeness (QED) is 0.507. The second-order valence-electron chi connectivity index (χ2n) is 5.84. The highest BCUT2D eigenvalue weighted by molar-refractivity contribution is 5.36. The van der Waals surface area contributed by atoms with Gasteiger partial charge in [0.25, 0.3) is 5.56 Å². The summed E-state index contributed by atoms with van der Waals surface area (Å²) in [5.41, 5.74) is -0.854. The Morgan fingerprint density at radius 2 is 2.08 bits per heavy atom. The Balaban J connectivity index is 1.82. The molecule has 0 spiro atoms. The molecule has 1 aromatic carbocycles. The Labute approximate surface area is 143 Å². The van der Waals surface area contributed by atoms with E-state index in [0.29, 0.717) is 12.1 Å². The van der Waals surface area contributed by atoms with Crippen LogP contribution in [-0.4, -0.2) is 26.3 Å². The molecule has 1 N–H and O–H groups in total. The first-order valence-electron chi connectivity index (χ1n) is 7.49. The number of H-pyrrole nitrogens is 1. The minimum atomic E-state index is -4.74. The van der Waals surface area contributed by atoms with Crippen LogP contribution in [0.15, 0.2) is 23.0 Å². The maximum Gasteiger partial charge on any atom is 0.449 e. The standard InChI is InChI=1S/C15H12F4N4O3/c16-10-2-1-8(5-12(10)23(25)26)6-22-4-3-11-9(7-22)13(24)21-14(20-11)15(17,18)19/h1-2,5H,3-4,6-7H2,(H,20,21,24). The van der Waals surface area contributed by atoms with Crippen molar-refractivity contribution in [2.45, 2.75) is 25.7 Å². The maximum atomic E-state index is 13.4. The molecule has 2 aromatic rings. The smallest absolute Gasteiger partial charge is 0.303 e. The maximum absolute atomic E-state index is 13.4. The Morgan fingerprint density at radius 3 is 2.73 bits per heavy atom. The number of nitrogens with zero attached hydrogens (tertiary/aromatic N) is 3. The average Bonchev–Trinajstić information content (AvgIpc) is 2.56. The summed E-state index contributed by atoms with van der Waals surface area (Å²) >= 11 is 0. The first-order valence-corrected chi connectivity index (χ1v) is 7.49. The molecule has 3 rings (SSSR count). The van der Waals surface area contributed by atoms with E-state index >= 15 is 0 Å². The van der Waals surface area contributed by atoms with Gasteiger partial charge in [-0.25, -0.2) is 4.98 Å². The van der Waals surface area contributed by atoms with Gasteiger partial charge in [0.05, 0.1) is 16.2 Å². The summed E-state index contributed by atoms with van der Waals surface area (Å²) in [5.74, 6) is -2.29. The second kappa shape index (κ2) is 6.48. The van der Waals surface area contributed by atoms with Crippen molar-refractivity contribution in [3.8, 4) is 0 Å². The fourth-order valence-electron chi connectivity index (χ4n) is 2.80. The number of halogens is 4. The summed E-state index contributed by atoms with van der Waals surface area (Å²) in [6.07, 6.45) is -4.61. The first kappa shape index (κ1) is 18.0. The summed E-state index contributed by atoms with van der Waals surface area (Å²) in [7, 11) is 0. The molecule has 0 bridgehead atoms. The molecular weight excluding hydrogens is 360 g/mol. The summed E-state index contributed by atoms with van der Waals surface area (Å²) in [6, 6.07) is 3.46. The van der Waals surface area contributed by atoms with Gasteiger partial charge in [-0.1, -0.05) is 6.07 Å². The van der Waals surface area contributed by atoms with E-state index in [1.54, 1.807) is 9.88 Å². The van der Waals surface area contributed by atoms with E-state index in [9.17, 15) is 32.5 Å². The predicted molar refractivity (Wildman–Crippen MR) is 80.7 cm³/mol. The minimum absolute atomic E-state index is 0.0426. The monoisotopic (exact) mass is 372 g/mol. The summed E-state index contributed by atoms with van der Waals surface area (Å²) < 4.78 is 51.5. The third kappa shape index (κ3) is 3.57.